The molecule has 1 heterocycles. The van der Waals surface area contributed by atoms with Gasteiger partial charge in [-0.05, 0) is 19.8 Å². The normalized spacial score (nSPS) is 21.6. The third-order valence-corrected chi connectivity index (χ3v) is 3.75. The number of nitrogens with one attached hydrogen (secondary N) is 2. The van der Waals surface area contributed by atoms with Crippen LogP contribution in [0.5, 0.6) is 0 Å². The van der Waals surface area contributed by atoms with Crippen molar-refractivity contribution in [1.82, 2.24) is 15.5 Å². The van der Waals surface area contributed by atoms with Crippen LogP contribution in [0.1, 0.15) is 59.3 Å². The van der Waals surface area contributed by atoms with Crippen molar-refractivity contribution < 1.29 is 14.4 Å². The molecule has 1 atom stereocenters. The van der Waals surface area contributed by atoms with Gasteiger partial charge in [-0.2, -0.15) is 0 Å². The van der Waals surface area contributed by atoms with Crippen LogP contribution in [0.3, 0.4) is 0 Å². The molecule has 1 fully saturated rings. The van der Waals surface area contributed by atoms with Crippen molar-refractivity contribution in [2.75, 3.05) is 13.1 Å². The first-order chi connectivity index (χ1) is 9.94. The SMILES string of the molecule is CCCCCCC1(C)NC(=O)N(CC(=O)NCCC)C1=O. The number of imide groups is 1. The number of amides is 4. The van der Waals surface area contributed by atoms with E-state index in [2.05, 4.69) is 17.6 Å². The molecule has 1 unspecified atom stereocenters. The minimum absolute atomic E-state index is 0.199. The van der Waals surface area contributed by atoms with Crippen LogP contribution < -0.4 is 10.6 Å². The van der Waals surface area contributed by atoms with Gasteiger partial charge in [-0.3, -0.25) is 14.5 Å². The third kappa shape index (κ3) is 4.72. The van der Waals surface area contributed by atoms with E-state index in [0.717, 1.165) is 37.0 Å². The molecule has 0 aromatic carbocycles. The summed E-state index contributed by atoms with van der Waals surface area (Å²) in [6.07, 6.45) is 5.63. The average molecular weight is 297 g/mol. The Kier molecular flexibility index (Phi) is 6.65. The van der Waals surface area contributed by atoms with Crippen molar-refractivity contribution in [3.8, 4) is 0 Å². The van der Waals surface area contributed by atoms with Gasteiger partial charge in [0.05, 0.1) is 0 Å². The van der Waals surface area contributed by atoms with Gasteiger partial charge in [-0.25, -0.2) is 4.79 Å². The van der Waals surface area contributed by atoms with Gasteiger partial charge < -0.3 is 10.6 Å². The number of urea groups is 1. The van der Waals surface area contributed by atoms with E-state index < -0.39 is 11.6 Å². The van der Waals surface area contributed by atoms with E-state index in [9.17, 15) is 14.4 Å². The number of hydrogen-bond donors (Lipinski definition) is 2. The van der Waals surface area contributed by atoms with E-state index in [1.165, 1.54) is 0 Å². The lowest BCUT2D eigenvalue weighted by Crippen LogP contribution is -2.45. The van der Waals surface area contributed by atoms with Crippen molar-refractivity contribution in [1.29, 1.82) is 0 Å². The topological polar surface area (TPSA) is 78.5 Å². The molecular formula is C15H27N3O3. The van der Waals surface area contributed by atoms with Crippen molar-refractivity contribution in [3.63, 3.8) is 0 Å². The fourth-order valence-electron chi connectivity index (χ4n) is 2.43. The van der Waals surface area contributed by atoms with Crippen molar-refractivity contribution in [2.45, 2.75) is 64.8 Å². The molecule has 1 saturated heterocycles. The van der Waals surface area contributed by atoms with Crippen molar-refractivity contribution in [3.05, 3.63) is 0 Å². The minimum Gasteiger partial charge on any atom is -0.355 e. The monoisotopic (exact) mass is 297 g/mol. The lowest BCUT2D eigenvalue weighted by molar-refractivity contribution is -0.134. The molecule has 4 amide bonds. The summed E-state index contributed by atoms with van der Waals surface area (Å²) in [5, 5.41) is 5.40. The zero-order valence-corrected chi connectivity index (χ0v) is 13.3. The summed E-state index contributed by atoms with van der Waals surface area (Å²) in [5.74, 6) is -0.591. The summed E-state index contributed by atoms with van der Waals surface area (Å²) in [5.41, 5.74) is -0.865. The summed E-state index contributed by atoms with van der Waals surface area (Å²) < 4.78 is 0. The van der Waals surface area contributed by atoms with Gasteiger partial charge in [0, 0.05) is 6.54 Å². The predicted molar refractivity (Wildman–Crippen MR) is 80.7 cm³/mol. The van der Waals surface area contributed by atoms with Crippen LogP contribution in [0.25, 0.3) is 0 Å². The quantitative estimate of drug-likeness (QED) is 0.503. The average Bonchev–Trinajstić information content (AvgIpc) is 2.65. The number of unbranched alkanes of at least 4 members (excludes halogenated alkanes) is 3. The van der Waals surface area contributed by atoms with Gasteiger partial charge in [-0.15, -0.1) is 0 Å². The van der Waals surface area contributed by atoms with Gasteiger partial charge in [0.15, 0.2) is 0 Å². The van der Waals surface area contributed by atoms with Crippen LogP contribution in [-0.2, 0) is 9.59 Å². The van der Waals surface area contributed by atoms with Gasteiger partial charge in [0.1, 0.15) is 12.1 Å². The van der Waals surface area contributed by atoms with Crippen LogP contribution in [0, 0.1) is 0 Å². The standard InChI is InChI=1S/C15H27N3O3/c1-4-6-7-8-9-15(3)13(20)18(14(21)17-15)11-12(19)16-10-5-2/h4-11H2,1-3H3,(H,16,19)(H,17,21). The maximum Gasteiger partial charge on any atom is 0.325 e. The maximum absolute atomic E-state index is 12.4. The second-order valence-corrected chi connectivity index (χ2v) is 5.81. The largest absolute Gasteiger partial charge is 0.355 e. The highest BCUT2D eigenvalue weighted by molar-refractivity contribution is 6.08. The Morgan fingerprint density at radius 2 is 1.90 bits per heavy atom. The minimum atomic E-state index is -0.865. The highest BCUT2D eigenvalue weighted by Crippen LogP contribution is 2.23. The first-order valence-corrected chi connectivity index (χ1v) is 7.85. The first-order valence-electron chi connectivity index (χ1n) is 7.85. The maximum atomic E-state index is 12.4. The highest BCUT2D eigenvalue weighted by atomic mass is 16.2. The molecule has 0 saturated carbocycles. The van der Waals surface area contributed by atoms with E-state index in [0.29, 0.717) is 13.0 Å². The smallest absolute Gasteiger partial charge is 0.325 e. The number of rotatable bonds is 9. The van der Waals surface area contributed by atoms with Crippen molar-refractivity contribution in [2.24, 2.45) is 0 Å². The molecule has 6 heteroatoms. The number of nitrogens with zero attached hydrogens (tertiary/aromatic N) is 1. The van der Waals surface area contributed by atoms with Crippen LogP contribution in [-0.4, -0.2) is 41.4 Å². The number of hydrogen-bond acceptors (Lipinski definition) is 3. The molecule has 1 aliphatic heterocycles. The molecule has 0 bridgehead atoms. The van der Waals surface area contributed by atoms with Gasteiger partial charge in [0.25, 0.3) is 5.91 Å². The predicted octanol–water partition coefficient (Wildman–Crippen LogP) is 1.79. The molecule has 120 valence electrons. The molecule has 0 aromatic heterocycles. The Balaban J connectivity index is 2.55. The zero-order valence-electron chi connectivity index (χ0n) is 13.3. The van der Waals surface area contributed by atoms with E-state index in [4.69, 9.17) is 0 Å². The molecular weight excluding hydrogens is 270 g/mol. The van der Waals surface area contributed by atoms with Gasteiger partial charge in [-0.1, -0.05) is 39.5 Å². The molecule has 0 aliphatic carbocycles. The summed E-state index contributed by atoms with van der Waals surface area (Å²) in [7, 11) is 0. The first kappa shape index (κ1) is 17.5. The zero-order chi connectivity index (χ0) is 15.9. The van der Waals surface area contributed by atoms with Crippen LogP contribution >= 0.6 is 0 Å². The molecule has 0 aromatic rings. The molecule has 1 aliphatic rings. The summed E-state index contributed by atoms with van der Waals surface area (Å²) in [6.45, 7) is 6.16. The second-order valence-electron chi connectivity index (χ2n) is 5.81. The Hall–Kier alpha value is -1.59. The van der Waals surface area contributed by atoms with E-state index >= 15 is 0 Å². The van der Waals surface area contributed by atoms with Crippen LogP contribution in [0.4, 0.5) is 4.79 Å². The number of carbonyl (C=O) groups is 3. The number of carbonyl (C=O) groups excluding carboxylic acids is 3. The third-order valence-electron chi connectivity index (χ3n) is 3.75. The molecule has 1 rings (SSSR count). The summed E-state index contributed by atoms with van der Waals surface area (Å²) >= 11 is 0. The second kappa shape index (κ2) is 8.00. The Bertz CT molecular complexity index is 398. The van der Waals surface area contributed by atoms with E-state index in [1.54, 1.807) is 6.92 Å². The van der Waals surface area contributed by atoms with Gasteiger partial charge in [0.2, 0.25) is 5.91 Å². The fraction of sp³-hybridized carbons (Fsp3) is 0.800. The van der Waals surface area contributed by atoms with E-state index in [1.807, 2.05) is 6.92 Å². The lowest BCUT2D eigenvalue weighted by Gasteiger charge is -2.21. The fourth-order valence-corrected chi connectivity index (χ4v) is 2.43. The summed E-state index contributed by atoms with van der Waals surface area (Å²) in [4.78, 5) is 37.0. The van der Waals surface area contributed by atoms with Gasteiger partial charge >= 0.3 is 6.03 Å². The Labute approximate surface area is 126 Å². The Morgan fingerprint density at radius 1 is 1.19 bits per heavy atom. The lowest BCUT2D eigenvalue weighted by atomic mass is 9.94. The Morgan fingerprint density at radius 3 is 2.52 bits per heavy atom. The highest BCUT2D eigenvalue weighted by Gasteiger charge is 2.47. The molecule has 0 radical (unpaired) electrons. The molecule has 21 heavy (non-hydrogen) atoms. The molecule has 0 spiro atoms. The van der Waals surface area contributed by atoms with Crippen molar-refractivity contribution >= 4 is 17.8 Å². The molecule has 6 nitrogen and oxygen atoms in total. The molecule has 2 N–H and O–H groups in total. The van der Waals surface area contributed by atoms with Crippen LogP contribution in [0.2, 0.25) is 0 Å². The van der Waals surface area contributed by atoms with E-state index in [-0.39, 0.29) is 18.4 Å². The summed E-state index contributed by atoms with van der Waals surface area (Å²) in [6, 6.07) is -0.468. The van der Waals surface area contributed by atoms with Crippen LogP contribution in [0.15, 0.2) is 0 Å².